The number of rotatable bonds is 2. The molecular formula is C10H10N2O3S. The van der Waals surface area contributed by atoms with Crippen molar-refractivity contribution in [1.82, 2.24) is 4.90 Å². The van der Waals surface area contributed by atoms with Gasteiger partial charge in [0.05, 0.1) is 22.6 Å². The molecule has 0 unspecified atom stereocenters. The molecule has 5 nitrogen and oxygen atoms in total. The quantitative estimate of drug-likeness (QED) is 0.562. The number of nitriles is 1. The smallest absolute Gasteiger partial charge is 0.328 e. The summed E-state index contributed by atoms with van der Waals surface area (Å²) >= 11 is 1.43. The van der Waals surface area contributed by atoms with Gasteiger partial charge in [-0.3, -0.25) is 4.79 Å². The summed E-state index contributed by atoms with van der Waals surface area (Å²) in [6, 6.07) is 0.983. The molecule has 2 fully saturated rings. The van der Waals surface area contributed by atoms with Crippen molar-refractivity contribution < 1.29 is 14.7 Å². The monoisotopic (exact) mass is 238 g/mol. The second-order valence-corrected chi connectivity index (χ2v) is 5.62. The van der Waals surface area contributed by atoms with Crippen molar-refractivity contribution in [1.29, 1.82) is 5.26 Å². The number of amides is 1. The molecule has 0 aromatic heterocycles. The Balaban J connectivity index is 2.33. The van der Waals surface area contributed by atoms with Gasteiger partial charge in [0, 0.05) is 6.08 Å². The van der Waals surface area contributed by atoms with Crippen molar-refractivity contribution in [3.63, 3.8) is 0 Å². The van der Waals surface area contributed by atoms with Crippen LogP contribution in [-0.2, 0) is 9.59 Å². The topological polar surface area (TPSA) is 81.4 Å². The van der Waals surface area contributed by atoms with Gasteiger partial charge >= 0.3 is 5.97 Å². The molecule has 0 aliphatic carbocycles. The van der Waals surface area contributed by atoms with Crippen LogP contribution in [-0.4, -0.2) is 38.0 Å². The fourth-order valence-electron chi connectivity index (χ4n) is 2.14. The first-order valence-electron chi connectivity index (χ1n) is 4.79. The number of allylic oxidation sites excluding steroid dienone is 1. The van der Waals surface area contributed by atoms with Crippen LogP contribution in [0.3, 0.4) is 0 Å². The minimum atomic E-state index is -1.02. The first-order valence-corrected chi connectivity index (χ1v) is 5.66. The molecule has 0 spiro atoms. The lowest BCUT2D eigenvalue weighted by atomic mass is 9.96. The average molecular weight is 238 g/mol. The Labute approximate surface area is 96.7 Å². The molecule has 0 aromatic rings. The van der Waals surface area contributed by atoms with Gasteiger partial charge in [0.25, 0.3) is 0 Å². The number of thioether (sulfide) groups is 1. The summed E-state index contributed by atoms with van der Waals surface area (Å²) in [6.07, 6.45) is 3.24. The molecule has 6 heteroatoms. The standard InChI is InChI=1S/C10H10N2O3S/c1-10(3-2-4-11)8(9(14)15)12-6(13)5-7(12)16-10/h2-3,7-8H,5H2,1H3,(H,14,15)/b3-2+/t7-,8+,10+/m1/s1. The second kappa shape index (κ2) is 3.52. The number of carbonyl (C=O) groups is 2. The maximum absolute atomic E-state index is 11.3. The van der Waals surface area contributed by atoms with Gasteiger partial charge in [0.15, 0.2) is 0 Å². The summed E-state index contributed by atoms with van der Waals surface area (Å²) in [7, 11) is 0. The maximum atomic E-state index is 11.3. The van der Waals surface area contributed by atoms with Crippen LogP contribution in [0.5, 0.6) is 0 Å². The van der Waals surface area contributed by atoms with E-state index in [0.29, 0.717) is 6.42 Å². The molecule has 2 heterocycles. The molecule has 0 radical (unpaired) electrons. The highest BCUT2D eigenvalue weighted by atomic mass is 32.2. The van der Waals surface area contributed by atoms with Gasteiger partial charge in [-0.2, -0.15) is 5.26 Å². The van der Waals surface area contributed by atoms with Crippen LogP contribution >= 0.6 is 11.8 Å². The highest BCUT2D eigenvalue weighted by Crippen LogP contribution is 2.51. The zero-order valence-corrected chi connectivity index (χ0v) is 9.40. The molecule has 0 bridgehead atoms. The number of aliphatic carboxylic acids is 1. The molecule has 84 valence electrons. The molecular weight excluding hydrogens is 228 g/mol. The third-order valence-electron chi connectivity index (χ3n) is 2.88. The average Bonchev–Trinajstić information content (AvgIpc) is 2.45. The van der Waals surface area contributed by atoms with Gasteiger partial charge in [0.1, 0.15) is 6.04 Å². The zero-order valence-electron chi connectivity index (χ0n) is 8.58. The number of hydrogen-bond donors (Lipinski definition) is 1. The first kappa shape index (κ1) is 11.0. The normalized spacial score (nSPS) is 37.0. The molecule has 1 amide bonds. The summed E-state index contributed by atoms with van der Waals surface area (Å²) in [6.45, 7) is 1.75. The van der Waals surface area contributed by atoms with E-state index >= 15 is 0 Å². The van der Waals surface area contributed by atoms with Crippen LogP contribution in [0.1, 0.15) is 13.3 Å². The Bertz CT molecular complexity index is 428. The Morgan fingerprint density at radius 3 is 3.00 bits per heavy atom. The van der Waals surface area contributed by atoms with Crippen molar-refractivity contribution in [2.75, 3.05) is 0 Å². The third kappa shape index (κ3) is 1.39. The number of nitrogens with zero attached hydrogens (tertiary/aromatic N) is 2. The minimum absolute atomic E-state index is 0.0538. The number of carbonyl (C=O) groups excluding carboxylic acids is 1. The van der Waals surface area contributed by atoms with Crippen molar-refractivity contribution in [2.24, 2.45) is 0 Å². The minimum Gasteiger partial charge on any atom is -0.480 e. The predicted molar refractivity (Wildman–Crippen MR) is 57.4 cm³/mol. The van der Waals surface area contributed by atoms with Crippen molar-refractivity contribution >= 4 is 23.6 Å². The lowest BCUT2D eigenvalue weighted by Gasteiger charge is -2.36. The summed E-state index contributed by atoms with van der Waals surface area (Å²) in [4.78, 5) is 23.9. The van der Waals surface area contributed by atoms with E-state index in [9.17, 15) is 9.59 Å². The summed E-state index contributed by atoms with van der Waals surface area (Å²) < 4.78 is -0.710. The Kier molecular flexibility index (Phi) is 2.43. The molecule has 0 aromatic carbocycles. The van der Waals surface area contributed by atoms with Crippen molar-refractivity contribution in [3.8, 4) is 6.07 Å². The zero-order chi connectivity index (χ0) is 11.9. The number of carboxylic acids is 1. The van der Waals surface area contributed by atoms with Crippen LogP contribution < -0.4 is 0 Å². The molecule has 2 rings (SSSR count). The molecule has 2 aliphatic heterocycles. The van der Waals surface area contributed by atoms with Crippen molar-refractivity contribution in [2.45, 2.75) is 29.5 Å². The molecule has 1 N–H and O–H groups in total. The molecule has 0 saturated carbocycles. The van der Waals surface area contributed by atoms with Gasteiger partial charge in [-0.25, -0.2) is 4.79 Å². The van der Waals surface area contributed by atoms with Crippen LogP contribution in [0.2, 0.25) is 0 Å². The van der Waals surface area contributed by atoms with Crippen LogP contribution in [0.15, 0.2) is 12.2 Å². The fourth-order valence-corrected chi connectivity index (χ4v) is 3.80. The summed E-state index contributed by atoms with van der Waals surface area (Å²) in [5.74, 6) is -1.15. The number of carboxylic acid groups (broad SMARTS) is 1. The van der Waals surface area contributed by atoms with Gasteiger partial charge in [0.2, 0.25) is 5.91 Å². The Morgan fingerprint density at radius 2 is 2.50 bits per heavy atom. The molecule has 3 atom stereocenters. The molecule has 2 saturated heterocycles. The van der Waals surface area contributed by atoms with E-state index in [4.69, 9.17) is 10.4 Å². The van der Waals surface area contributed by atoms with Crippen LogP contribution in [0.25, 0.3) is 0 Å². The Hall–Kier alpha value is -1.48. The number of β-lactam (4-membered cyclic amide) rings is 1. The van der Waals surface area contributed by atoms with E-state index in [2.05, 4.69) is 0 Å². The van der Waals surface area contributed by atoms with Crippen molar-refractivity contribution in [3.05, 3.63) is 12.2 Å². The Morgan fingerprint density at radius 1 is 1.81 bits per heavy atom. The second-order valence-electron chi connectivity index (χ2n) is 3.96. The summed E-state index contributed by atoms with van der Waals surface area (Å²) in [5.41, 5.74) is 0. The van der Waals surface area contributed by atoms with E-state index in [1.165, 1.54) is 22.7 Å². The largest absolute Gasteiger partial charge is 0.480 e. The first-order chi connectivity index (χ1) is 7.49. The highest BCUT2D eigenvalue weighted by molar-refractivity contribution is 8.01. The number of hydrogen-bond acceptors (Lipinski definition) is 4. The lowest BCUT2D eigenvalue weighted by molar-refractivity contribution is -0.156. The van der Waals surface area contributed by atoms with E-state index in [0.717, 1.165) is 0 Å². The lowest BCUT2D eigenvalue weighted by Crippen LogP contribution is -2.57. The highest BCUT2D eigenvalue weighted by Gasteiger charge is 2.59. The molecule has 16 heavy (non-hydrogen) atoms. The number of fused-ring (bicyclic) bond motifs is 1. The van der Waals surface area contributed by atoms with Gasteiger partial charge in [-0.1, -0.05) is 6.08 Å². The molecule has 2 aliphatic rings. The van der Waals surface area contributed by atoms with Gasteiger partial charge in [-0.05, 0) is 6.92 Å². The maximum Gasteiger partial charge on any atom is 0.328 e. The van der Waals surface area contributed by atoms with Crippen LogP contribution in [0.4, 0.5) is 0 Å². The van der Waals surface area contributed by atoms with E-state index < -0.39 is 16.8 Å². The fraction of sp³-hybridized carbons (Fsp3) is 0.500. The van der Waals surface area contributed by atoms with Crippen LogP contribution in [0, 0.1) is 11.3 Å². The SMILES string of the molecule is C[C@@]1(/C=C/C#N)S[C@@H]2CC(=O)N2[C@H]1C(=O)O. The third-order valence-corrected chi connectivity index (χ3v) is 4.41. The van der Waals surface area contributed by atoms with Gasteiger partial charge < -0.3 is 10.0 Å². The van der Waals surface area contributed by atoms with Gasteiger partial charge in [-0.15, -0.1) is 11.8 Å². The predicted octanol–water partition coefficient (Wildman–Crippen LogP) is 0.583. The van der Waals surface area contributed by atoms with E-state index in [-0.39, 0.29) is 11.3 Å². The van der Waals surface area contributed by atoms with E-state index in [1.807, 2.05) is 6.07 Å². The summed E-state index contributed by atoms with van der Waals surface area (Å²) in [5, 5.41) is 17.6. The van der Waals surface area contributed by atoms with E-state index in [1.54, 1.807) is 13.0 Å².